The van der Waals surface area contributed by atoms with Crippen LogP contribution in [0.3, 0.4) is 0 Å². The predicted molar refractivity (Wildman–Crippen MR) is 63.9 cm³/mol. The number of hydrogen-bond donors (Lipinski definition) is 2. The smallest absolute Gasteiger partial charge is 0.0785 e. The van der Waals surface area contributed by atoms with Crippen LogP contribution in [0.25, 0.3) is 0 Å². The van der Waals surface area contributed by atoms with Crippen molar-refractivity contribution < 1.29 is 10.2 Å². The van der Waals surface area contributed by atoms with E-state index in [1.54, 1.807) is 0 Å². The van der Waals surface area contributed by atoms with Crippen molar-refractivity contribution in [2.24, 2.45) is 0 Å². The lowest BCUT2D eigenvalue weighted by atomic mass is 10.0. The molecule has 15 heavy (non-hydrogen) atoms. The summed E-state index contributed by atoms with van der Waals surface area (Å²) >= 11 is 0. The molecule has 2 N–H and O–H groups in total. The molecule has 0 heterocycles. The molecule has 0 spiro atoms. The molecular formula is C12H27NO2. The van der Waals surface area contributed by atoms with Crippen LogP contribution in [0, 0.1) is 0 Å². The Morgan fingerprint density at radius 2 is 1.80 bits per heavy atom. The molecule has 0 aliphatic carbocycles. The van der Waals surface area contributed by atoms with Crippen LogP contribution in [0.5, 0.6) is 0 Å². The zero-order chi connectivity index (χ0) is 11.7. The average molecular weight is 217 g/mol. The summed E-state index contributed by atoms with van der Waals surface area (Å²) in [5, 5.41) is 18.2. The SMILES string of the molecule is CCCCCCC(CC(O)CO)N(C)C. The highest BCUT2D eigenvalue weighted by atomic mass is 16.3. The summed E-state index contributed by atoms with van der Waals surface area (Å²) in [5.41, 5.74) is 0. The lowest BCUT2D eigenvalue weighted by molar-refractivity contribution is 0.0634. The topological polar surface area (TPSA) is 43.7 Å². The fraction of sp³-hybridized carbons (Fsp3) is 1.00. The van der Waals surface area contributed by atoms with Crippen LogP contribution >= 0.6 is 0 Å². The Bertz CT molecular complexity index is 140. The highest BCUT2D eigenvalue weighted by Crippen LogP contribution is 2.13. The van der Waals surface area contributed by atoms with Crippen molar-refractivity contribution in [3.63, 3.8) is 0 Å². The molecule has 0 fully saturated rings. The Labute approximate surface area is 94.1 Å². The molecular weight excluding hydrogens is 190 g/mol. The maximum atomic E-state index is 9.40. The molecule has 0 saturated heterocycles. The molecule has 3 nitrogen and oxygen atoms in total. The lowest BCUT2D eigenvalue weighted by Gasteiger charge is -2.26. The summed E-state index contributed by atoms with van der Waals surface area (Å²) in [6, 6.07) is 0.393. The lowest BCUT2D eigenvalue weighted by Crippen LogP contribution is -2.33. The van der Waals surface area contributed by atoms with Gasteiger partial charge in [-0.2, -0.15) is 0 Å². The Hall–Kier alpha value is -0.120. The van der Waals surface area contributed by atoms with Crippen molar-refractivity contribution in [1.82, 2.24) is 4.90 Å². The minimum Gasteiger partial charge on any atom is -0.394 e. The first kappa shape index (κ1) is 14.9. The van der Waals surface area contributed by atoms with E-state index in [9.17, 15) is 5.11 Å². The molecule has 0 amide bonds. The molecule has 92 valence electrons. The van der Waals surface area contributed by atoms with Gasteiger partial charge in [0.15, 0.2) is 0 Å². The van der Waals surface area contributed by atoms with Gasteiger partial charge in [0.25, 0.3) is 0 Å². The quantitative estimate of drug-likeness (QED) is 0.577. The summed E-state index contributed by atoms with van der Waals surface area (Å²) in [6.07, 6.45) is 6.27. The van der Waals surface area contributed by atoms with Gasteiger partial charge in [-0.1, -0.05) is 32.6 Å². The number of aliphatic hydroxyl groups excluding tert-OH is 2. The Kier molecular flexibility index (Phi) is 9.06. The van der Waals surface area contributed by atoms with Crippen molar-refractivity contribution in [3.8, 4) is 0 Å². The van der Waals surface area contributed by atoms with Crippen LogP contribution in [-0.2, 0) is 0 Å². The number of rotatable bonds is 9. The van der Waals surface area contributed by atoms with Gasteiger partial charge in [0.05, 0.1) is 12.7 Å². The number of hydrogen-bond acceptors (Lipinski definition) is 3. The molecule has 0 saturated carbocycles. The maximum absolute atomic E-state index is 9.40. The second kappa shape index (κ2) is 9.13. The fourth-order valence-corrected chi connectivity index (χ4v) is 1.78. The van der Waals surface area contributed by atoms with E-state index in [4.69, 9.17) is 5.11 Å². The third kappa shape index (κ3) is 7.77. The van der Waals surface area contributed by atoms with Crippen LogP contribution in [0.2, 0.25) is 0 Å². The minimum atomic E-state index is -0.566. The number of aliphatic hydroxyl groups is 2. The van der Waals surface area contributed by atoms with Gasteiger partial charge in [0.2, 0.25) is 0 Å². The van der Waals surface area contributed by atoms with E-state index >= 15 is 0 Å². The molecule has 0 radical (unpaired) electrons. The first-order chi connectivity index (χ1) is 7.11. The van der Waals surface area contributed by atoms with E-state index in [0.29, 0.717) is 12.5 Å². The second-order valence-corrected chi connectivity index (χ2v) is 4.54. The van der Waals surface area contributed by atoms with Crippen molar-refractivity contribution in [2.45, 2.75) is 57.6 Å². The molecule has 0 rings (SSSR count). The van der Waals surface area contributed by atoms with E-state index in [1.807, 2.05) is 14.1 Å². The highest BCUT2D eigenvalue weighted by Gasteiger charge is 2.15. The van der Waals surface area contributed by atoms with Crippen LogP contribution in [0.1, 0.15) is 45.4 Å². The Morgan fingerprint density at radius 1 is 1.13 bits per heavy atom. The van der Waals surface area contributed by atoms with E-state index in [1.165, 1.54) is 25.7 Å². The van der Waals surface area contributed by atoms with Gasteiger partial charge in [-0.3, -0.25) is 0 Å². The molecule has 0 bridgehead atoms. The third-order valence-electron chi connectivity index (χ3n) is 2.88. The number of nitrogens with zero attached hydrogens (tertiary/aromatic N) is 1. The fourth-order valence-electron chi connectivity index (χ4n) is 1.78. The summed E-state index contributed by atoms with van der Waals surface area (Å²) in [5.74, 6) is 0. The summed E-state index contributed by atoms with van der Waals surface area (Å²) < 4.78 is 0. The van der Waals surface area contributed by atoms with E-state index in [2.05, 4.69) is 11.8 Å². The molecule has 0 aliphatic heterocycles. The Morgan fingerprint density at radius 3 is 2.27 bits per heavy atom. The average Bonchev–Trinajstić information content (AvgIpc) is 2.21. The molecule has 2 atom stereocenters. The first-order valence-corrected chi connectivity index (χ1v) is 6.07. The molecule has 0 aromatic heterocycles. The standard InChI is InChI=1S/C12H27NO2/c1-4-5-6-7-8-11(13(2)3)9-12(15)10-14/h11-12,14-15H,4-10H2,1-3H3. The normalized spacial score (nSPS) is 15.6. The highest BCUT2D eigenvalue weighted by molar-refractivity contribution is 4.70. The van der Waals surface area contributed by atoms with Gasteiger partial charge in [-0.15, -0.1) is 0 Å². The van der Waals surface area contributed by atoms with Gasteiger partial charge in [0, 0.05) is 6.04 Å². The van der Waals surface area contributed by atoms with E-state index in [-0.39, 0.29) is 6.61 Å². The van der Waals surface area contributed by atoms with E-state index in [0.717, 1.165) is 6.42 Å². The predicted octanol–water partition coefficient (Wildman–Crippen LogP) is 1.63. The van der Waals surface area contributed by atoms with Crippen LogP contribution in [0.15, 0.2) is 0 Å². The van der Waals surface area contributed by atoms with Crippen LogP contribution in [-0.4, -0.2) is 48.0 Å². The van der Waals surface area contributed by atoms with Crippen molar-refractivity contribution in [2.75, 3.05) is 20.7 Å². The van der Waals surface area contributed by atoms with Crippen LogP contribution < -0.4 is 0 Å². The van der Waals surface area contributed by atoms with Crippen molar-refractivity contribution in [3.05, 3.63) is 0 Å². The molecule has 0 aromatic rings. The Balaban J connectivity index is 3.73. The van der Waals surface area contributed by atoms with Gasteiger partial charge in [0.1, 0.15) is 0 Å². The van der Waals surface area contributed by atoms with Gasteiger partial charge in [-0.05, 0) is 26.9 Å². The monoisotopic (exact) mass is 217 g/mol. The largest absolute Gasteiger partial charge is 0.394 e. The summed E-state index contributed by atoms with van der Waals surface area (Å²) in [4.78, 5) is 2.14. The summed E-state index contributed by atoms with van der Waals surface area (Å²) in [7, 11) is 4.07. The molecule has 3 heteroatoms. The minimum absolute atomic E-state index is 0.126. The maximum Gasteiger partial charge on any atom is 0.0785 e. The first-order valence-electron chi connectivity index (χ1n) is 6.07. The number of unbranched alkanes of at least 4 members (excludes halogenated alkanes) is 3. The summed E-state index contributed by atoms with van der Waals surface area (Å²) in [6.45, 7) is 2.08. The molecule has 2 unspecified atom stereocenters. The van der Waals surface area contributed by atoms with Gasteiger partial charge >= 0.3 is 0 Å². The van der Waals surface area contributed by atoms with Gasteiger partial charge in [-0.25, -0.2) is 0 Å². The third-order valence-corrected chi connectivity index (χ3v) is 2.88. The van der Waals surface area contributed by atoms with Crippen LogP contribution in [0.4, 0.5) is 0 Å². The van der Waals surface area contributed by atoms with Crippen molar-refractivity contribution >= 4 is 0 Å². The zero-order valence-electron chi connectivity index (χ0n) is 10.4. The van der Waals surface area contributed by atoms with E-state index < -0.39 is 6.10 Å². The van der Waals surface area contributed by atoms with Crippen molar-refractivity contribution in [1.29, 1.82) is 0 Å². The zero-order valence-corrected chi connectivity index (χ0v) is 10.4. The van der Waals surface area contributed by atoms with Gasteiger partial charge < -0.3 is 15.1 Å². The second-order valence-electron chi connectivity index (χ2n) is 4.54. The molecule has 0 aromatic carbocycles. The molecule has 0 aliphatic rings.